The highest BCUT2D eigenvalue weighted by molar-refractivity contribution is 9.10. The quantitative estimate of drug-likeness (QED) is 0.572. The summed E-state index contributed by atoms with van der Waals surface area (Å²) in [4.78, 5) is 17.2. The molecule has 1 aromatic carbocycles. The van der Waals surface area contributed by atoms with Crippen molar-refractivity contribution in [2.45, 2.75) is 31.2 Å². The number of nitrogens with zero attached hydrogens (tertiary/aromatic N) is 4. The van der Waals surface area contributed by atoms with Crippen molar-refractivity contribution in [1.82, 2.24) is 19.3 Å². The molecule has 2 aliphatic heterocycles. The topological polar surface area (TPSA) is 61.9 Å². The standard InChI is InChI=1S/C20H18BrFN4O2/c1-25-11(3-4-23-25)7-17-18(20(27)28-2)24-19-14-8-15(21)16(22)9-13(14)10-5-12(6-10)26(17)19/h3-4,8-10,12H,5-7H2,1-2H3. The monoisotopic (exact) mass is 444 g/mol. The van der Waals surface area contributed by atoms with E-state index in [2.05, 4.69) is 25.6 Å². The van der Waals surface area contributed by atoms with Crippen molar-refractivity contribution in [1.29, 1.82) is 0 Å². The summed E-state index contributed by atoms with van der Waals surface area (Å²) in [6.45, 7) is 0. The number of benzene rings is 1. The molecule has 0 radical (unpaired) electrons. The molecule has 0 unspecified atom stereocenters. The normalized spacial score (nSPS) is 19.4. The van der Waals surface area contributed by atoms with E-state index in [9.17, 15) is 9.18 Å². The molecule has 144 valence electrons. The number of carbonyl (C=O) groups is 1. The molecule has 0 amide bonds. The van der Waals surface area contributed by atoms with Gasteiger partial charge in [-0.05, 0) is 58.5 Å². The number of aromatic nitrogens is 4. The minimum Gasteiger partial charge on any atom is -0.464 e. The van der Waals surface area contributed by atoms with Crippen molar-refractivity contribution in [2.75, 3.05) is 7.11 Å². The highest BCUT2D eigenvalue weighted by Gasteiger charge is 2.41. The van der Waals surface area contributed by atoms with E-state index in [1.807, 2.05) is 13.1 Å². The fraction of sp³-hybridized carbons (Fsp3) is 0.350. The van der Waals surface area contributed by atoms with Crippen molar-refractivity contribution < 1.29 is 13.9 Å². The van der Waals surface area contributed by atoms with Crippen LogP contribution >= 0.6 is 15.9 Å². The Labute approximate surface area is 169 Å². The van der Waals surface area contributed by atoms with E-state index in [1.165, 1.54) is 7.11 Å². The Hall–Kier alpha value is -2.48. The lowest BCUT2D eigenvalue weighted by molar-refractivity contribution is 0.0593. The number of ether oxygens (including phenoxy) is 1. The van der Waals surface area contributed by atoms with Gasteiger partial charge in [-0.15, -0.1) is 0 Å². The number of methoxy groups -OCH3 is 1. The Kier molecular flexibility index (Phi) is 3.94. The molecular formula is C20H18BrFN4O2. The maximum absolute atomic E-state index is 14.2. The summed E-state index contributed by atoms with van der Waals surface area (Å²) in [6, 6.07) is 5.55. The molecule has 8 heteroatoms. The Morgan fingerprint density at radius 2 is 2.18 bits per heavy atom. The van der Waals surface area contributed by atoms with Crippen molar-refractivity contribution in [3.63, 3.8) is 0 Å². The van der Waals surface area contributed by atoms with Gasteiger partial charge >= 0.3 is 5.97 Å². The van der Waals surface area contributed by atoms with Crippen LogP contribution in [0.3, 0.4) is 0 Å². The summed E-state index contributed by atoms with van der Waals surface area (Å²) in [5.74, 6) is 0.288. The van der Waals surface area contributed by atoms with Gasteiger partial charge in [-0.25, -0.2) is 14.2 Å². The van der Waals surface area contributed by atoms with E-state index in [-0.39, 0.29) is 11.9 Å². The second-order valence-electron chi connectivity index (χ2n) is 7.39. The number of carbonyl (C=O) groups excluding carboxylic acids is 1. The Bertz CT molecular complexity index is 1110. The van der Waals surface area contributed by atoms with Gasteiger partial charge in [-0.2, -0.15) is 5.10 Å². The fourth-order valence-corrected chi connectivity index (χ4v) is 4.71. The van der Waals surface area contributed by atoms with Gasteiger partial charge in [0.25, 0.3) is 0 Å². The molecule has 3 aromatic rings. The van der Waals surface area contributed by atoms with E-state index in [0.29, 0.717) is 28.3 Å². The molecule has 6 rings (SSSR count). The summed E-state index contributed by atoms with van der Waals surface area (Å²) in [7, 11) is 3.24. The van der Waals surface area contributed by atoms with Gasteiger partial charge in [0, 0.05) is 37.0 Å². The highest BCUT2D eigenvalue weighted by atomic mass is 79.9. The number of aryl methyl sites for hydroxylation is 1. The van der Waals surface area contributed by atoms with Gasteiger partial charge in [-0.3, -0.25) is 4.68 Å². The second kappa shape index (κ2) is 6.27. The fourth-order valence-electron chi connectivity index (χ4n) is 4.37. The number of halogens is 2. The molecule has 1 aliphatic carbocycles. The van der Waals surface area contributed by atoms with Crippen LogP contribution in [0.1, 0.15) is 52.2 Å². The molecule has 4 heterocycles. The summed E-state index contributed by atoms with van der Waals surface area (Å²) < 4.78 is 23.6. The van der Waals surface area contributed by atoms with Crippen LogP contribution in [0.2, 0.25) is 0 Å². The van der Waals surface area contributed by atoms with Crippen molar-refractivity contribution in [3.8, 4) is 11.4 Å². The molecule has 6 nitrogen and oxygen atoms in total. The molecule has 0 N–H and O–H groups in total. The Morgan fingerprint density at radius 3 is 2.86 bits per heavy atom. The van der Waals surface area contributed by atoms with Crippen LogP contribution in [-0.4, -0.2) is 32.4 Å². The van der Waals surface area contributed by atoms with Gasteiger partial charge in [0.05, 0.1) is 17.3 Å². The largest absolute Gasteiger partial charge is 0.464 e. The summed E-state index contributed by atoms with van der Waals surface area (Å²) in [5.41, 5.74) is 3.95. The molecule has 0 spiro atoms. The lowest BCUT2D eigenvalue weighted by Crippen LogP contribution is -2.25. The number of imidazole rings is 1. The predicted octanol–water partition coefficient (Wildman–Crippen LogP) is 3.99. The van der Waals surface area contributed by atoms with Crippen LogP contribution in [0.4, 0.5) is 4.39 Å². The summed E-state index contributed by atoms with van der Waals surface area (Å²) >= 11 is 3.30. The maximum Gasteiger partial charge on any atom is 0.358 e. The Morgan fingerprint density at radius 1 is 1.39 bits per heavy atom. The van der Waals surface area contributed by atoms with Crippen molar-refractivity contribution in [2.24, 2.45) is 7.05 Å². The van der Waals surface area contributed by atoms with Gasteiger partial charge in [-0.1, -0.05) is 0 Å². The first-order chi connectivity index (χ1) is 13.5. The molecule has 0 saturated heterocycles. The smallest absolute Gasteiger partial charge is 0.358 e. The minimum absolute atomic E-state index is 0.239. The molecule has 3 aliphatic rings. The SMILES string of the molecule is COC(=O)c1nc2n(c1Cc1ccnn1C)C1CC(C1)c1cc(F)c(Br)cc1-2. The average Bonchev–Trinajstić information content (AvgIpc) is 3.14. The number of hydrogen-bond acceptors (Lipinski definition) is 4. The van der Waals surface area contributed by atoms with Crippen LogP contribution < -0.4 is 0 Å². The highest BCUT2D eigenvalue weighted by Crippen LogP contribution is 2.53. The molecule has 2 aromatic heterocycles. The summed E-state index contributed by atoms with van der Waals surface area (Å²) in [5, 5.41) is 4.23. The summed E-state index contributed by atoms with van der Waals surface area (Å²) in [6.07, 6.45) is 4.08. The Balaban J connectivity index is 1.75. The van der Waals surface area contributed by atoms with Gasteiger partial charge in [0.2, 0.25) is 0 Å². The second-order valence-corrected chi connectivity index (χ2v) is 8.25. The van der Waals surface area contributed by atoms with E-state index >= 15 is 0 Å². The first-order valence-corrected chi connectivity index (χ1v) is 9.92. The maximum atomic E-state index is 14.2. The van der Waals surface area contributed by atoms with Crippen LogP contribution in [0.5, 0.6) is 0 Å². The van der Waals surface area contributed by atoms with E-state index in [0.717, 1.165) is 35.4 Å². The first-order valence-electron chi connectivity index (χ1n) is 9.13. The lowest BCUT2D eigenvalue weighted by atomic mass is 9.75. The van der Waals surface area contributed by atoms with Crippen LogP contribution in [0, 0.1) is 5.82 Å². The van der Waals surface area contributed by atoms with Gasteiger partial charge < -0.3 is 9.30 Å². The van der Waals surface area contributed by atoms with Gasteiger partial charge in [0.15, 0.2) is 5.69 Å². The van der Waals surface area contributed by atoms with Crippen LogP contribution in [0.25, 0.3) is 11.4 Å². The third kappa shape index (κ3) is 2.47. The minimum atomic E-state index is -0.462. The van der Waals surface area contributed by atoms with E-state index in [1.54, 1.807) is 23.0 Å². The third-order valence-corrected chi connectivity index (χ3v) is 6.52. The molecule has 28 heavy (non-hydrogen) atoms. The van der Waals surface area contributed by atoms with E-state index < -0.39 is 5.97 Å². The zero-order valence-corrected chi connectivity index (χ0v) is 17.0. The molecule has 1 saturated carbocycles. The lowest BCUT2D eigenvalue weighted by Gasteiger charge is -2.35. The molecule has 1 fully saturated rings. The predicted molar refractivity (Wildman–Crippen MR) is 104 cm³/mol. The van der Waals surface area contributed by atoms with E-state index in [4.69, 9.17) is 9.72 Å². The first kappa shape index (κ1) is 17.6. The average molecular weight is 445 g/mol. The third-order valence-electron chi connectivity index (χ3n) is 5.91. The number of rotatable bonds is 3. The zero-order chi connectivity index (χ0) is 19.6. The van der Waals surface area contributed by atoms with Crippen molar-refractivity contribution in [3.05, 3.63) is 57.3 Å². The number of hydrogen-bond donors (Lipinski definition) is 0. The zero-order valence-electron chi connectivity index (χ0n) is 15.4. The molecular weight excluding hydrogens is 427 g/mol. The van der Waals surface area contributed by atoms with Crippen LogP contribution in [0.15, 0.2) is 28.9 Å². The molecule has 2 bridgehead atoms. The molecule has 0 atom stereocenters. The van der Waals surface area contributed by atoms with Crippen molar-refractivity contribution >= 4 is 21.9 Å². The van der Waals surface area contributed by atoms with Crippen LogP contribution in [-0.2, 0) is 18.2 Å². The number of esters is 1. The van der Waals surface area contributed by atoms with Gasteiger partial charge in [0.1, 0.15) is 11.6 Å².